The number of halogens is 3. The minimum atomic E-state index is -0.643. The standard InChI is InChI=1S/C13H7BrF2N2S/c14-7-1-3-9(4-2-7)17-13-18-12-10(16)5-8(15)6-11(12)19-13/h1-6H,(H,17,18). The molecule has 0 unspecified atom stereocenters. The van der Waals surface area contributed by atoms with E-state index in [1.165, 1.54) is 17.4 Å². The molecular weight excluding hydrogens is 334 g/mol. The van der Waals surface area contributed by atoms with E-state index in [1.54, 1.807) is 0 Å². The maximum Gasteiger partial charge on any atom is 0.188 e. The van der Waals surface area contributed by atoms with Crippen molar-refractivity contribution in [2.45, 2.75) is 0 Å². The lowest BCUT2D eigenvalue weighted by atomic mass is 10.3. The van der Waals surface area contributed by atoms with E-state index in [-0.39, 0.29) is 5.52 Å². The minimum absolute atomic E-state index is 0.186. The minimum Gasteiger partial charge on any atom is -0.332 e. The number of anilines is 2. The van der Waals surface area contributed by atoms with Crippen LogP contribution >= 0.6 is 27.3 Å². The molecule has 0 fully saturated rings. The average Bonchev–Trinajstić information content (AvgIpc) is 2.75. The molecule has 0 radical (unpaired) electrons. The van der Waals surface area contributed by atoms with Gasteiger partial charge in [0.15, 0.2) is 10.9 Å². The average molecular weight is 341 g/mol. The monoisotopic (exact) mass is 340 g/mol. The van der Waals surface area contributed by atoms with Gasteiger partial charge >= 0.3 is 0 Å². The fraction of sp³-hybridized carbons (Fsp3) is 0. The van der Waals surface area contributed by atoms with Crippen molar-refractivity contribution >= 4 is 48.3 Å². The van der Waals surface area contributed by atoms with E-state index in [9.17, 15) is 8.78 Å². The van der Waals surface area contributed by atoms with Crippen molar-refractivity contribution in [3.8, 4) is 0 Å². The number of nitrogens with one attached hydrogen (secondary N) is 1. The summed E-state index contributed by atoms with van der Waals surface area (Å²) >= 11 is 4.56. The van der Waals surface area contributed by atoms with Gasteiger partial charge in [-0.15, -0.1) is 0 Å². The number of hydrogen-bond acceptors (Lipinski definition) is 3. The first-order chi connectivity index (χ1) is 9.11. The molecular formula is C13H7BrF2N2S. The second-order valence-electron chi connectivity index (χ2n) is 3.89. The topological polar surface area (TPSA) is 24.9 Å². The number of hydrogen-bond donors (Lipinski definition) is 1. The zero-order valence-electron chi connectivity index (χ0n) is 9.45. The van der Waals surface area contributed by atoms with Gasteiger partial charge in [0.1, 0.15) is 11.3 Å². The van der Waals surface area contributed by atoms with Crippen LogP contribution in [0.4, 0.5) is 19.6 Å². The first-order valence-electron chi connectivity index (χ1n) is 5.40. The second kappa shape index (κ2) is 4.86. The van der Waals surface area contributed by atoms with E-state index in [4.69, 9.17) is 0 Å². The van der Waals surface area contributed by atoms with Gasteiger partial charge in [0.25, 0.3) is 0 Å². The Bertz CT molecular complexity index is 740. The van der Waals surface area contributed by atoms with Crippen LogP contribution in [-0.4, -0.2) is 4.98 Å². The molecule has 6 heteroatoms. The maximum atomic E-state index is 13.5. The Morgan fingerprint density at radius 3 is 2.58 bits per heavy atom. The molecule has 0 aliphatic heterocycles. The molecule has 2 nitrogen and oxygen atoms in total. The molecule has 0 spiro atoms. The van der Waals surface area contributed by atoms with Gasteiger partial charge in [0, 0.05) is 16.2 Å². The Morgan fingerprint density at radius 2 is 1.84 bits per heavy atom. The van der Waals surface area contributed by atoms with E-state index >= 15 is 0 Å². The molecule has 1 N–H and O–H groups in total. The molecule has 0 amide bonds. The Balaban J connectivity index is 1.97. The summed E-state index contributed by atoms with van der Waals surface area (Å²) in [5.74, 6) is -1.24. The van der Waals surface area contributed by atoms with Crippen LogP contribution in [0.25, 0.3) is 10.2 Å². The molecule has 19 heavy (non-hydrogen) atoms. The molecule has 0 aliphatic rings. The predicted octanol–water partition coefficient (Wildman–Crippen LogP) is 5.08. The molecule has 0 atom stereocenters. The highest BCUT2D eigenvalue weighted by Gasteiger charge is 2.10. The highest BCUT2D eigenvalue weighted by molar-refractivity contribution is 9.10. The number of nitrogens with zero attached hydrogens (tertiary/aromatic N) is 1. The van der Waals surface area contributed by atoms with Crippen LogP contribution in [0.1, 0.15) is 0 Å². The molecule has 0 saturated heterocycles. The fourth-order valence-electron chi connectivity index (χ4n) is 1.67. The van der Waals surface area contributed by atoms with Gasteiger partial charge < -0.3 is 5.32 Å². The zero-order chi connectivity index (χ0) is 13.4. The van der Waals surface area contributed by atoms with E-state index < -0.39 is 11.6 Å². The van der Waals surface area contributed by atoms with Gasteiger partial charge in [-0.25, -0.2) is 13.8 Å². The van der Waals surface area contributed by atoms with E-state index in [0.717, 1.165) is 16.2 Å². The van der Waals surface area contributed by atoms with Crippen molar-refractivity contribution in [1.82, 2.24) is 4.98 Å². The number of rotatable bonds is 2. The van der Waals surface area contributed by atoms with Crippen LogP contribution in [0.5, 0.6) is 0 Å². The first kappa shape index (κ1) is 12.5. The van der Waals surface area contributed by atoms with E-state index in [2.05, 4.69) is 26.2 Å². The lowest BCUT2D eigenvalue weighted by Gasteiger charge is -2.01. The lowest BCUT2D eigenvalue weighted by molar-refractivity contribution is 0.591. The van der Waals surface area contributed by atoms with Gasteiger partial charge in [0.2, 0.25) is 0 Å². The maximum absolute atomic E-state index is 13.5. The molecule has 2 aromatic carbocycles. The summed E-state index contributed by atoms with van der Waals surface area (Å²) in [5.41, 5.74) is 1.02. The van der Waals surface area contributed by atoms with Crippen molar-refractivity contribution in [3.63, 3.8) is 0 Å². The van der Waals surface area contributed by atoms with Crippen LogP contribution in [0.3, 0.4) is 0 Å². The Morgan fingerprint density at radius 1 is 1.11 bits per heavy atom. The number of benzene rings is 2. The largest absolute Gasteiger partial charge is 0.332 e. The molecule has 3 aromatic rings. The quantitative estimate of drug-likeness (QED) is 0.703. The van der Waals surface area contributed by atoms with E-state index in [1.807, 2.05) is 24.3 Å². The van der Waals surface area contributed by atoms with Gasteiger partial charge in [-0.3, -0.25) is 0 Å². The van der Waals surface area contributed by atoms with E-state index in [0.29, 0.717) is 9.83 Å². The highest BCUT2D eigenvalue weighted by Crippen LogP contribution is 2.30. The van der Waals surface area contributed by atoms with Gasteiger partial charge in [-0.05, 0) is 30.3 Å². The molecule has 0 saturated carbocycles. The van der Waals surface area contributed by atoms with Crippen LogP contribution in [0.15, 0.2) is 40.9 Å². The van der Waals surface area contributed by atoms with Crippen molar-refractivity contribution in [1.29, 1.82) is 0 Å². The van der Waals surface area contributed by atoms with Gasteiger partial charge in [-0.1, -0.05) is 27.3 Å². The summed E-state index contributed by atoms with van der Waals surface area (Å²) in [7, 11) is 0. The summed E-state index contributed by atoms with van der Waals surface area (Å²) in [5, 5.41) is 3.59. The van der Waals surface area contributed by atoms with Crippen LogP contribution in [0.2, 0.25) is 0 Å². The Hall–Kier alpha value is -1.53. The van der Waals surface area contributed by atoms with Crippen LogP contribution in [0, 0.1) is 11.6 Å². The van der Waals surface area contributed by atoms with Gasteiger partial charge in [0.05, 0.1) is 4.70 Å². The third kappa shape index (κ3) is 2.59. The number of thiazole rings is 1. The molecule has 1 aromatic heterocycles. The van der Waals surface area contributed by atoms with Crippen molar-refractivity contribution in [2.75, 3.05) is 5.32 Å². The van der Waals surface area contributed by atoms with Crippen LogP contribution in [-0.2, 0) is 0 Å². The van der Waals surface area contributed by atoms with Crippen molar-refractivity contribution in [2.24, 2.45) is 0 Å². The van der Waals surface area contributed by atoms with Crippen molar-refractivity contribution < 1.29 is 8.78 Å². The molecule has 0 bridgehead atoms. The molecule has 96 valence electrons. The van der Waals surface area contributed by atoms with Crippen LogP contribution < -0.4 is 5.32 Å². The normalized spacial score (nSPS) is 10.9. The zero-order valence-corrected chi connectivity index (χ0v) is 11.9. The summed E-state index contributed by atoms with van der Waals surface area (Å²) in [6.07, 6.45) is 0. The molecule has 1 heterocycles. The number of fused-ring (bicyclic) bond motifs is 1. The lowest BCUT2D eigenvalue weighted by Crippen LogP contribution is -1.88. The molecule has 3 rings (SSSR count). The number of aromatic nitrogens is 1. The Kier molecular flexibility index (Phi) is 3.20. The summed E-state index contributed by atoms with van der Waals surface area (Å²) in [4.78, 5) is 4.13. The smallest absolute Gasteiger partial charge is 0.188 e. The molecule has 0 aliphatic carbocycles. The summed E-state index contributed by atoms with van der Waals surface area (Å²) < 4.78 is 28.1. The van der Waals surface area contributed by atoms with Crippen molar-refractivity contribution in [3.05, 3.63) is 52.5 Å². The SMILES string of the molecule is Fc1cc(F)c2nc(Nc3ccc(Br)cc3)sc2c1. The first-order valence-corrected chi connectivity index (χ1v) is 7.01. The predicted molar refractivity (Wildman–Crippen MR) is 77.0 cm³/mol. The second-order valence-corrected chi connectivity index (χ2v) is 5.83. The third-order valence-corrected chi connectivity index (χ3v) is 3.96. The highest BCUT2D eigenvalue weighted by atomic mass is 79.9. The summed E-state index contributed by atoms with van der Waals surface area (Å²) in [6, 6.07) is 9.63. The third-order valence-electron chi connectivity index (χ3n) is 2.51. The summed E-state index contributed by atoms with van der Waals surface area (Å²) in [6.45, 7) is 0. The Labute approximate surface area is 120 Å². The fourth-order valence-corrected chi connectivity index (χ4v) is 2.86. The van der Waals surface area contributed by atoms with Gasteiger partial charge in [-0.2, -0.15) is 0 Å².